The summed E-state index contributed by atoms with van der Waals surface area (Å²) in [4.78, 5) is 1.47. The SMILES string of the molecule is Cn1nc2ccc(N)c(N)c2n1. The highest BCUT2D eigenvalue weighted by Gasteiger charge is 2.05. The standard InChI is InChI=1S/C7H9N5/c1-12-10-5-3-2-4(8)6(9)7(5)11-12/h2-3H,8-9H2,1H3. The first-order valence-corrected chi connectivity index (χ1v) is 3.53. The summed E-state index contributed by atoms with van der Waals surface area (Å²) in [5.74, 6) is 0. The van der Waals surface area contributed by atoms with E-state index in [-0.39, 0.29) is 0 Å². The van der Waals surface area contributed by atoms with E-state index in [1.54, 1.807) is 19.2 Å². The predicted molar refractivity (Wildman–Crippen MR) is 47.3 cm³/mol. The summed E-state index contributed by atoms with van der Waals surface area (Å²) >= 11 is 0. The van der Waals surface area contributed by atoms with Crippen molar-refractivity contribution in [1.29, 1.82) is 0 Å². The van der Waals surface area contributed by atoms with E-state index in [2.05, 4.69) is 10.2 Å². The summed E-state index contributed by atoms with van der Waals surface area (Å²) in [6, 6.07) is 3.53. The number of hydrogen-bond acceptors (Lipinski definition) is 4. The molecule has 0 aliphatic heterocycles. The number of benzene rings is 1. The van der Waals surface area contributed by atoms with Crippen molar-refractivity contribution in [3.05, 3.63) is 12.1 Å². The molecule has 12 heavy (non-hydrogen) atoms. The monoisotopic (exact) mass is 163 g/mol. The maximum absolute atomic E-state index is 5.69. The molecule has 4 N–H and O–H groups in total. The molecule has 0 radical (unpaired) electrons. The third-order valence-electron chi connectivity index (χ3n) is 1.73. The van der Waals surface area contributed by atoms with Crippen LogP contribution in [0.15, 0.2) is 12.1 Å². The fraction of sp³-hybridized carbons (Fsp3) is 0.143. The minimum Gasteiger partial charge on any atom is -0.397 e. The maximum Gasteiger partial charge on any atom is 0.138 e. The molecule has 0 saturated heterocycles. The Morgan fingerprint density at radius 3 is 2.75 bits per heavy atom. The van der Waals surface area contributed by atoms with E-state index in [1.165, 1.54) is 4.80 Å². The number of aromatic nitrogens is 3. The van der Waals surface area contributed by atoms with E-state index in [9.17, 15) is 0 Å². The predicted octanol–water partition coefficient (Wildman–Crippen LogP) is 0.133. The van der Waals surface area contributed by atoms with Crippen molar-refractivity contribution in [2.45, 2.75) is 0 Å². The molecule has 0 atom stereocenters. The zero-order valence-corrected chi connectivity index (χ0v) is 6.65. The topological polar surface area (TPSA) is 82.8 Å². The largest absolute Gasteiger partial charge is 0.397 e. The Labute approximate surface area is 69.0 Å². The van der Waals surface area contributed by atoms with E-state index >= 15 is 0 Å². The molecular formula is C7H9N5. The van der Waals surface area contributed by atoms with Gasteiger partial charge in [-0.05, 0) is 12.1 Å². The highest BCUT2D eigenvalue weighted by atomic mass is 15.4. The number of nitrogens with zero attached hydrogens (tertiary/aromatic N) is 3. The van der Waals surface area contributed by atoms with E-state index < -0.39 is 0 Å². The van der Waals surface area contributed by atoms with E-state index in [0.29, 0.717) is 16.9 Å². The second kappa shape index (κ2) is 2.10. The fourth-order valence-corrected chi connectivity index (χ4v) is 1.12. The summed E-state index contributed by atoms with van der Waals surface area (Å²) in [5, 5.41) is 8.16. The van der Waals surface area contributed by atoms with Crippen LogP contribution in [0, 0.1) is 0 Å². The summed E-state index contributed by atoms with van der Waals surface area (Å²) in [6.07, 6.45) is 0. The molecule has 1 heterocycles. The van der Waals surface area contributed by atoms with Crippen molar-refractivity contribution in [3.63, 3.8) is 0 Å². The molecule has 5 heteroatoms. The van der Waals surface area contributed by atoms with Gasteiger partial charge in [-0.1, -0.05) is 0 Å². The third kappa shape index (κ3) is 0.795. The zero-order chi connectivity index (χ0) is 8.72. The van der Waals surface area contributed by atoms with Crippen LogP contribution in [0.5, 0.6) is 0 Å². The van der Waals surface area contributed by atoms with Crippen LogP contribution >= 0.6 is 0 Å². The van der Waals surface area contributed by atoms with Crippen LogP contribution in [0.3, 0.4) is 0 Å². The molecule has 0 unspecified atom stereocenters. The van der Waals surface area contributed by atoms with Crippen LogP contribution in [0.4, 0.5) is 11.4 Å². The highest BCUT2D eigenvalue weighted by molar-refractivity contribution is 5.92. The van der Waals surface area contributed by atoms with Gasteiger partial charge in [-0.3, -0.25) is 0 Å². The highest BCUT2D eigenvalue weighted by Crippen LogP contribution is 2.22. The van der Waals surface area contributed by atoms with Gasteiger partial charge in [0, 0.05) is 7.05 Å². The number of rotatable bonds is 0. The lowest BCUT2D eigenvalue weighted by molar-refractivity contribution is 0.665. The minimum atomic E-state index is 0.501. The molecule has 2 rings (SSSR count). The molecule has 5 nitrogen and oxygen atoms in total. The first kappa shape index (κ1) is 6.90. The average molecular weight is 163 g/mol. The number of anilines is 2. The number of hydrogen-bond donors (Lipinski definition) is 2. The molecule has 0 saturated carbocycles. The van der Waals surface area contributed by atoms with Crippen LogP contribution in [0.2, 0.25) is 0 Å². The molecule has 0 aliphatic rings. The third-order valence-corrected chi connectivity index (χ3v) is 1.73. The number of fused-ring (bicyclic) bond motifs is 1. The molecule has 2 aromatic rings. The number of nitrogen functional groups attached to an aromatic ring is 2. The fourth-order valence-electron chi connectivity index (χ4n) is 1.12. The van der Waals surface area contributed by atoms with Crippen LogP contribution in [-0.4, -0.2) is 15.0 Å². The molecule has 0 aliphatic carbocycles. The van der Waals surface area contributed by atoms with Gasteiger partial charge in [0.15, 0.2) is 0 Å². The average Bonchev–Trinajstić information content (AvgIpc) is 2.39. The van der Waals surface area contributed by atoms with Gasteiger partial charge >= 0.3 is 0 Å². The van der Waals surface area contributed by atoms with Crippen LogP contribution in [0.1, 0.15) is 0 Å². The van der Waals surface area contributed by atoms with Gasteiger partial charge in [0.05, 0.1) is 11.4 Å². The summed E-state index contributed by atoms with van der Waals surface area (Å²) in [5.41, 5.74) is 13.8. The second-order valence-corrected chi connectivity index (χ2v) is 2.63. The molecule has 0 amide bonds. The van der Waals surface area contributed by atoms with E-state index in [1.807, 2.05) is 0 Å². The van der Waals surface area contributed by atoms with Gasteiger partial charge in [-0.2, -0.15) is 15.0 Å². The molecule has 0 bridgehead atoms. The quantitative estimate of drug-likeness (QED) is 0.541. The first-order valence-electron chi connectivity index (χ1n) is 3.53. The van der Waals surface area contributed by atoms with Crippen molar-refractivity contribution in [2.24, 2.45) is 7.05 Å². The van der Waals surface area contributed by atoms with Crippen molar-refractivity contribution in [1.82, 2.24) is 15.0 Å². The molecule has 0 spiro atoms. The zero-order valence-electron chi connectivity index (χ0n) is 6.65. The van der Waals surface area contributed by atoms with Gasteiger partial charge in [-0.25, -0.2) is 0 Å². The number of nitrogens with two attached hydrogens (primary N) is 2. The Hall–Kier alpha value is -1.78. The van der Waals surface area contributed by atoms with Gasteiger partial charge < -0.3 is 11.5 Å². The molecule has 0 fully saturated rings. The molecular weight excluding hydrogens is 154 g/mol. The van der Waals surface area contributed by atoms with Gasteiger partial charge in [0.1, 0.15) is 11.0 Å². The van der Waals surface area contributed by atoms with Crippen LogP contribution in [0.25, 0.3) is 11.0 Å². The first-order chi connectivity index (χ1) is 5.68. The summed E-state index contributed by atoms with van der Waals surface area (Å²) < 4.78 is 0. The maximum atomic E-state index is 5.69. The Morgan fingerprint density at radius 2 is 2.00 bits per heavy atom. The van der Waals surface area contributed by atoms with Crippen LogP contribution in [-0.2, 0) is 7.05 Å². The van der Waals surface area contributed by atoms with Crippen molar-refractivity contribution in [2.75, 3.05) is 11.5 Å². The van der Waals surface area contributed by atoms with E-state index in [0.717, 1.165) is 5.52 Å². The normalized spacial score (nSPS) is 10.8. The smallest absolute Gasteiger partial charge is 0.138 e. The van der Waals surface area contributed by atoms with Crippen molar-refractivity contribution in [3.8, 4) is 0 Å². The van der Waals surface area contributed by atoms with Crippen molar-refractivity contribution < 1.29 is 0 Å². The Kier molecular flexibility index (Phi) is 1.21. The van der Waals surface area contributed by atoms with Crippen molar-refractivity contribution >= 4 is 22.4 Å². The Balaban J connectivity index is 2.89. The van der Waals surface area contributed by atoms with Gasteiger partial charge in [0.25, 0.3) is 0 Å². The number of aryl methyl sites for hydroxylation is 1. The second-order valence-electron chi connectivity index (χ2n) is 2.63. The molecule has 1 aromatic heterocycles. The Bertz CT molecular complexity index is 431. The van der Waals surface area contributed by atoms with Gasteiger partial charge in [-0.15, -0.1) is 0 Å². The molecule has 62 valence electrons. The lowest BCUT2D eigenvalue weighted by atomic mass is 10.2. The van der Waals surface area contributed by atoms with E-state index in [4.69, 9.17) is 11.5 Å². The minimum absolute atomic E-state index is 0.501. The molecule has 1 aromatic carbocycles. The lowest BCUT2D eigenvalue weighted by Crippen LogP contribution is -1.95. The Morgan fingerprint density at radius 1 is 1.25 bits per heavy atom. The summed E-state index contributed by atoms with van der Waals surface area (Å²) in [6.45, 7) is 0. The lowest BCUT2D eigenvalue weighted by Gasteiger charge is -1.96. The van der Waals surface area contributed by atoms with Crippen LogP contribution < -0.4 is 11.5 Å². The summed E-state index contributed by atoms with van der Waals surface area (Å²) in [7, 11) is 1.75. The van der Waals surface area contributed by atoms with Gasteiger partial charge in [0.2, 0.25) is 0 Å².